The molecule has 3 heteroatoms. The molecule has 0 radical (unpaired) electrons. The zero-order valence-electron chi connectivity index (χ0n) is 33.0. The first kappa shape index (κ1) is 42.0. The summed E-state index contributed by atoms with van der Waals surface area (Å²) in [6.45, 7) is 2.04. The van der Waals surface area contributed by atoms with E-state index in [1.54, 1.807) is 0 Å². The van der Waals surface area contributed by atoms with Crippen LogP contribution in [0.1, 0.15) is 244 Å². The number of rotatable bonds is 30. The van der Waals surface area contributed by atoms with Gasteiger partial charge in [-0.1, -0.05) is 167 Å². The molecule has 288 valence electrons. The molecule has 2 heterocycles. The van der Waals surface area contributed by atoms with Crippen LogP contribution >= 0.6 is 11.8 Å². The summed E-state index contributed by atoms with van der Waals surface area (Å²) in [7, 11) is 0. The highest BCUT2D eigenvalue weighted by Crippen LogP contribution is 2.43. The highest BCUT2D eigenvalue weighted by Gasteiger charge is 2.31. The van der Waals surface area contributed by atoms with Gasteiger partial charge in [-0.3, -0.25) is 0 Å². The Morgan fingerprint density at radius 2 is 0.673 bits per heavy atom. The maximum atomic E-state index is 5.79. The van der Waals surface area contributed by atoms with Crippen LogP contribution in [-0.4, -0.2) is 35.9 Å². The summed E-state index contributed by atoms with van der Waals surface area (Å²) in [6.07, 6.45) is 56.7. The minimum absolute atomic E-state index is 0.603. The van der Waals surface area contributed by atoms with Gasteiger partial charge in [-0.05, 0) is 88.9 Å². The fourth-order valence-electron chi connectivity index (χ4n) is 10.1. The van der Waals surface area contributed by atoms with Gasteiger partial charge in [0, 0.05) is 23.7 Å². The standard InChI is InChI=1S/C46H86O2S/c1(5-9-13-23-33-43-35-27-39-47-43)3-7-11-15-25-37-45(41-29-19-17-20-30-41)49-46(42-31-21-18-22-32-42)38-26-16-12-8-4-2-6-10-14-24-34-44-36-28-40-48-44/h41-46H,1-40H2. The van der Waals surface area contributed by atoms with Crippen molar-refractivity contribution in [1.29, 1.82) is 0 Å². The van der Waals surface area contributed by atoms with Crippen LogP contribution in [-0.2, 0) is 9.47 Å². The number of ether oxygens (including phenoxy) is 2. The van der Waals surface area contributed by atoms with Crippen molar-refractivity contribution in [2.24, 2.45) is 11.8 Å². The molecule has 0 spiro atoms. The second-order valence-corrected chi connectivity index (χ2v) is 19.0. The molecule has 4 aliphatic rings. The minimum atomic E-state index is 0.603. The average Bonchev–Trinajstić information content (AvgIpc) is 3.87. The van der Waals surface area contributed by atoms with Crippen LogP contribution in [0.4, 0.5) is 0 Å². The first-order valence-corrected chi connectivity index (χ1v) is 24.2. The van der Waals surface area contributed by atoms with E-state index in [9.17, 15) is 0 Å². The Morgan fingerprint density at radius 1 is 0.347 bits per heavy atom. The van der Waals surface area contributed by atoms with E-state index in [0.717, 1.165) is 35.5 Å². The lowest BCUT2D eigenvalue weighted by atomic mass is 9.84. The highest BCUT2D eigenvalue weighted by molar-refractivity contribution is 8.00. The second kappa shape index (κ2) is 28.7. The van der Waals surface area contributed by atoms with Crippen LogP contribution in [0, 0.1) is 11.8 Å². The summed E-state index contributed by atoms with van der Waals surface area (Å²) in [6, 6.07) is 0. The summed E-state index contributed by atoms with van der Waals surface area (Å²) < 4.78 is 11.6. The molecule has 2 nitrogen and oxygen atoms in total. The molecule has 0 aromatic heterocycles. The van der Waals surface area contributed by atoms with Gasteiger partial charge < -0.3 is 9.47 Å². The fraction of sp³-hybridized carbons (Fsp3) is 1.00. The van der Waals surface area contributed by atoms with Gasteiger partial charge in [-0.25, -0.2) is 0 Å². The Morgan fingerprint density at radius 3 is 1.00 bits per heavy atom. The predicted molar refractivity (Wildman–Crippen MR) is 217 cm³/mol. The summed E-state index contributed by atoms with van der Waals surface area (Å²) >= 11 is 2.57. The lowest BCUT2D eigenvalue weighted by Gasteiger charge is -2.37. The first-order chi connectivity index (χ1) is 24.4. The van der Waals surface area contributed by atoms with Crippen molar-refractivity contribution in [1.82, 2.24) is 0 Å². The molecular formula is C46H86O2S. The molecule has 4 rings (SSSR count). The predicted octanol–water partition coefficient (Wildman–Crippen LogP) is 15.3. The zero-order valence-corrected chi connectivity index (χ0v) is 33.8. The van der Waals surface area contributed by atoms with Crippen LogP contribution in [0.25, 0.3) is 0 Å². The van der Waals surface area contributed by atoms with Crippen LogP contribution in [0.5, 0.6) is 0 Å². The summed E-state index contributed by atoms with van der Waals surface area (Å²) in [5.41, 5.74) is 0. The topological polar surface area (TPSA) is 18.5 Å². The Kier molecular flexibility index (Phi) is 24.6. The van der Waals surface area contributed by atoms with Crippen LogP contribution in [0.15, 0.2) is 0 Å². The van der Waals surface area contributed by atoms with Gasteiger partial charge in [-0.2, -0.15) is 11.8 Å². The van der Waals surface area contributed by atoms with Crippen molar-refractivity contribution in [3.8, 4) is 0 Å². The van der Waals surface area contributed by atoms with Crippen molar-refractivity contribution in [3.05, 3.63) is 0 Å². The van der Waals surface area contributed by atoms with E-state index in [4.69, 9.17) is 9.47 Å². The molecule has 2 saturated carbocycles. The van der Waals surface area contributed by atoms with E-state index in [1.807, 2.05) is 0 Å². The third-order valence-electron chi connectivity index (χ3n) is 13.3. The van der Waals surface area contributed by atoms with Crippen LogP contribution in [0.2, 0.25) is 0 Å². The Bertz CT molecular complexity index is 659. The normalized spacial score (nSPS) is 23.8. The van der Waals surface area contributed by atoms with E-state index in [1.165, 1.54) is 244 Å². The van der Waals surface area contributed by atoms with E-state index < -0.39 is 0 Å². The summed E-state index contributed by atoms with van der Waals surface area (Å²) in [5.74, 6) is 2.06. The molecule has 49 heavy (non-hydrogen) atoms. The van der Waals surface area contributed by atoms with Gasteiger partial charge >= 0.3 is 0 Å². The van der Waals surface area contributed by atoms with Gasteiger partial charge in [-0.15, -0.1) is 0 Å². The van der Waals surface area contributed by atoms with Crippen LogP contribution in [0.3, 0.4) is 0 Å². The zero-order chi connectivity index (χ0) is 33.9. The largest absolute Gasteiger partial charge is 0.378 e. The third kappa shape index (κ3) is 19.8. The summed E-state index contributed by atoms with van der Waals surface area (Å²) in [5, 5.41) is 1.93. The number of hydrogen-bond acceptors (Lipinski definition) is 3. The van der Waals surface area contributed by atoms with Gasteiger partial charge in [0.25, 0.3) is 0 Å². The lowest BCUT2D eigenvalue weighted by Crippen LogP contribution is -2.28. The smallest absolute Gasteiger partial charge is 0.0576 e. The molecule has 0 aromatic carbocycles. The van der Waals surface area contributed by atoms with Crippen LogP contribution < -0.4 is 0 Å². The first-order valence-electron chi connectivity index (χ1n) is 23.3. The van der Waals surface area contributed by atoms with Gasteiger partial charge in [0.2, 0.25) is 0 Å². The molecule has 0 N–H and O–H groups in total. The molecule has 4 unspecified atom stereocenters. The van der Waals surface area contributed by atoms with Gasteiger partial charge in [0.05, 0.1) is 12.2 Å². The molecule has 2 aliphatic carbocycles. The monoisotopic (exact) mass is 703 g/mol. The average molecular weight is 703 g/mol. The van der Waals surface area contributed by atoms with Gasteiger partial charge in [0.1, 0.15) is 0 Å². The molecule has 2 saturated heterocycles. The van der Waals surface area contributed by atoms with Gasteiger partial charge in [0.15, 0.2) is 0 Å². The molecule has 0 aromatic rings. The van der Waals surface area contributed by atoms with Crippen molar-refractivity contribution >= 4 is 11.8 Å². The Labute approximate surface area is 311 Å². The molecule has 0 bridgehead atoms. The number of thioether (sulfide) groups is 1. The molecule has 4 fully saturated rings. The third-order valence-corrected chi connectivity index (χ3v) is 15.2. The van der Waals surface area contributed by atoms with E-state index in [2.05, 4.69) is 11.8 Å². The maximum Gasteiger partial charge on any atom is 0.0576 e. The molecular weight excluding hydrogens is 617 g/mol. The molecule has 4 atom stereocenters. The lowest BCUT2D eigenvalue weighted by molar-refractivity contribution is 0.102. The van der Waals surface area contributed by atoms with E-state index in [-0.39, 0.29) is 0 Å². The Hall–Kier alpha value is 0.270. The SMILES string of the molecule is C(CCCCCCC(SC(CCCCCCCCCCCCC1CCCO1)C1CCCCC1)C1CCCCC1)CCCCCC1CCCO1. The van der Waals surface area contributed by atoms with Crippen molar-refractivity contribution in [2.45, 2.75) is 267 Å². The number of unbranched alkanes of at least 4 members (excludes halogenated alkanes) is 18. The maximum absolute atomic E-state index is 5.79. The van der Waals surface area contributed by atoms with E-state index in [0.29, 0.717) is 12.2 Å². The second-order valence-electron chi connectivity index (χ2n) is 17.5. The fourth-order valence-corrected chi connectivity index (χ4v) is 12.1. The number of hydrogen-bond donors (Lipinski definition) is 0. The Balaban J connectivity index is 1.04. The van der Waals surface area contributed by atoms with Crippen molar-refractivity contribution in [2.75, 3.05) is 13.2 Å². The van der Waals surface area contributed by atoms with E-state index >= 15 is 0 Å². The van der Waals surface area contributed by atoms with Crippen molar-refractivity contribution in [3.63, 3.8) is 0 Å². The quantitative estimate of drug-likeness (QED) is 0.0694. The molecule has 2 aliphatic heterocycles. The molecule has 0 amide bonds. The minimum Gasteiger partial charge on any atom is -0.378 e. The summed E-state index contributed by atoms with van der Waals surface area (Å²) in [4.78, 5) is 0. The van der Waals surface area contributed by atoms with Crippen molar-refractivity contribution < 1.29 is 9.47 Å². The highest BCUT2D eigenvalue weighted by atomic mass is 32.2.